The smallest absolute Gasteiger partial charge is 0.310 e. The summed E-state index contributed by atoms with van der Waals surface area (Å²) in [6.45, 7) is 10.4. The summed E-state index contributed by atoms with van der Waals surface area (Å²) in [5.74, 6) is -1.37. The molecular formula is C18H35O6Ti-. The Morgan fingerprint density at radius 1 is 0.880 bits per heavy atom. The topological polar surface area (TPSA) is 82.1 Å². The third-order valence-electron chi connectivity index (χ3n) is 2.78. The van der Waals surface area contributed by atoms with Gasteiger partial charge in [0.15, 0.2) is 0 Å². The second-order valence-corrected chi connectivity index (χ2v) is 5.45. The van der Waals surface area contributed by atoms with Crippen LogP contribution in [0.3, 0.4) is 0 Å². The van der Waals surface area contributed by atoms with Crippen molar-refractivity contribution in [2.75, 3.05) is 26.4 Å². The third kappa shape index (κ3) is 28.8. The average Bonchev–Trinajstić information content (AvgIpc) is 2.50. The van der Waals surface area contributed by atoms with E-state index >= 15 is 0 Å². The zero-order valence-corrected chi connectivity index (χ0v) is 17.8. The molecule has 0 aliphatic rings. The van der Waals surface area contributed by atoms with E-state index in [-0.39, 0.29) is 33.9 Å². The van der Waals surface area contributed by atoms with Crippen LogP contribution in [-0.2, 0) is 45.5 Å². The van der Waals surface area contributed by atoms with Crippen molar-refractivity contribution in [3.8, 4) is 0 Å². The van der Waals surface area contributed by atoms with Gasteiger partial charge in [0.1, 0.15) is 12.2 Å². The zero-order valence-electron chi connectivity index (χ0n) is 16.3. The number of ketones is 1. The maximum atomic E-state index is 9.87. The first kappa shape index (κ1) is 29.5. The van der Waals surface area contributed by atoms with E-state index in [1.54, 1.807) is 0 Å². The summed E-state index contributed by atoms with van der Waals surface area (Å²) in [7, 11) is 0. The maximum absolute atomic E-state index is 9.87. The first-order valence-electron chi connectivity index (χ1n) is 8.88. The van der Waals surface area contributed by atoms with Crippen molar-refractivity contribution < 1.29 is 50.6 Å². The molecule has 0 rings (SSSR count). The average molecular weight is 395 g/mol. The quantitative estimate of drug-likeness (QED) is 0.196. The Labute approximate surface area is 167 Å². The van der Waals surface area contributed by atoms with Crippen molar-refractivity contribution in [1.29, 1.82) is 0 Å². The molecule has 0 aromatic heterocycles. The molecule has 25 heavy (non-hydrogen) atoms. The van der Waals surface area contributed by atoms with Crippen LogP contribution in [0.25, 0.3) is 0 Å². The number of carboxylic acids is 1. The molecule has 0 aromatic rings. The molecule has 0 aliphatic heterocycles. The largest absolute Gasteiger partial charge is 0.519 e. The van der Waals surface area contributed by atoms with Crippen LogP contribution < -0.4 is 0 Å². The van der Waals surface area contributed by atoms with Crippen molar-refractivity contribution in [2.24, 2.45) is 0 Å². The van der Waals surface area contributed by atoms with Gasteiger partial charge in [-0.15, -0.1) is 0 Å². The van der Waals surface area contributed by atoms with E-state index in [0.717, 1.165) is 58.3 Å². The van der Waals surface area contributed by atoms with Gasteiger partial charge in [-0.3, -0.25) is 9.59 Å². The number of carbonyl (C=O) groups is 2. The molecular weight excluding hydrogens is 360 g/mol. The van der Waals surface area contributed by atoms with Crippen molar-refractivity contribution in [2.45, 2.75) is 72.6 Å². The molecule has 0 amide bonds. The number of carboxylic acid groups (broad SMARTS) is 1. The van der Waals surface area contributed by atoms with E-state index in [4.69, 9.17) is 19.3 Å². The Hall–Kier alpha value is -0.266. The van der Waals surface area contributed by atoms with Crippen LogP contribution >= 0.6 is 0 Å². The molecule has 0 saturated carbocycles. The molecule has 0 unspecified atom stereocenters. The Kier molecular flexibility index (Phi) is 28.0. The van der Waals surface area contributed by atoms with Crippen molar-refractivity contribution >= 4 is 11.8 Å². The number of unbranched alkanes of at least 4 members (excludes halogenated alkanes) is 3. The SMILES string of the molecule is CC(=O)CC(=O)O.CCCCOC[C-](OCCCC)OCCCC.[Ti]. The van der Waals surface area contributed by atoms with Crippen LogP contribution in [0.2, 0.25) is 0 Å². The standard InChI is InChI=1S/C14H29O3.C4H6O3.Ti/c1-4-7-10-15-13-14(16-11-8-5-2)17-12-9-6-3;1-3(5)2-4(6)7;/h4-13H2,1-3H3;2H2,1H3,(H,6,7);/q-1;;. The molecule has 0 aliphatic carbocycles. The van der Waals surface area contributed by atoms with Gasteiger partial charge in [-0.1, -0.05) is 46.3 Å². The van der Waals surface area contributed by atoms with Crippen LogP contribution in [0.5, 0.6) is 0 Å². The van der Waals surface area contributed by atoms with Gasteiger partial charge in [-0.2, -0.15) is 0 Å². The van der Waals surface area contributed by atoms with Crippen LogP contribution in [0, 0.1) is 6.29 Å². The summed E-state index contributed by atoms with van der Waals surface area (Å²) in [5, 5.41) is 7.86. The fourth-order valence-electron chi connectivity index (χ4n) is 1.40. The van der Waals surface area contributed by atoms with E-state index in [0.29, 0.717) is 12.9 Å². The van der Waals surface area contributed by atoms with Crippen LogP contribution in [0.1, 0.15) is 72.6 Å². The third-order valence-corrected chi connectivity index (χ3v) is 2.78. The van der Waals surface area contributed by atoms with E-state index in [9.17, 15) is 9.59 Å². The zero-order chi connectivity index (χ0) is 18.6. The molecule has 0 heterocycles. The van der Waals surface area contributed by atoms with Crippen LogP contribution in [0.4, 0.5) is 0 Å². The van der Waals surface area contributed by atoms with Gasteiger partial charge >= 0.3 is 5.97 Å². The normalized spacial score (nSPS) is 9.96. The number of carbonyl (C=O) groups excluding carboxylic acids is 1. The molecule has 0 radical (unpaired) electrons. The fraction of sp³-hybridized carbons (Fsp3) is 0.833. The number of ether oxygens (including phenoxy) is 3. The van der Waals surface area contributed by atoms with Gasteiger partial charge in [0.2, 0.25) is 0 Å². The Morgan fingerprint density at radius 2 is 1.32 bits per heavy atom. The van der Waals surface area contributed by atoms with Gasteiger partial charge in [0.05, 0.1) is 0 Å². The number of hydrogen-bond acceptors (Lipinski definition) is 5. The molecule has 0 spiro atoms. The van der Waals surface area contributed by atoms with E-state index < -0.39 is 5.97 Å². The van der Waals surface area contributed by atoms with Gasteiger partial charge in [0, 0.05) is 41.5 Å². The summed E-state index contributed by atoms with van der Waals surface area (Å²) in [5.41, 5.74) is 0. The molecule has 0 aromatic carbocycles. The number of Topliss-reactive ketones (excluding diaryl/α,β-unsaturated/α-hetero) is 1. The molecule has 1 N–H and O–H groups in total. The molecule has 7 heteroatoms. The minimum absolute atomic E-state index is 0. The predicted octanol–water partition coefficient (Wildman–Crippen LogP) is 3.97. The Balaban J connectivity index is -0.000000513. The minimum Gasteiger partial charge on any atom is -0.519 e. The number of hydrogen-bond donors (Lipinski definition) is 1. The summed E-state index contributed by atoms with van der Waals surface area (Å²) in [6.07, 6.45) is 6.95. The first-order valence-corrected chi connectivity index (χ1v) is 8.88. The van der Waals surface area contributed by atoms with E-state index in [2.05, 4.69) is 20.8 Å². The maximum Gasteiger partial charge on any atom is 0.310 e. The van der Waals surface area contributed by atoms with Crippen molar-refractivity contribution in [3.05, 3.63) is 6.29 Å². The Bertz CT molecular complexity index is 277. The van der Waals surface area contributed by atoms with E-state index in [1.165, 1.54) is 6.92 Å². The molecule has 148 valence electrons. The first-order chi connectivity index (χ1) is 11.5. The fourth-order valence-corrected chi connectivity index (χ4v) is 1.40. The second kappa shape index (κ2) is 23.7. The monoisotopic (exact) mass is 395 g/mol. The molecule has 0 bridgehead atoms. The second-order valence-electron chi connectivity index (χ2n) is 5.45. The van der Waals surface area contributed by atoms with Crippen molar-refractivity contribution in [3.63, 3.8) is 0 Å². The molecule has 0 saturated heterocycles. The van der Waals surface area contributed by atoms with Gasteiger partial charge in [-0.05, 0) is 32.8 Å². The molecule has 6 nitrogen and oxygen atoms in total. The van der Waals surface area contributed by atoms with Crippen LogP contribution in [-0.4, -0.2) is 43.3 Å². The predicted molar refractivity (Wildman–Crippen MR) is 93.6 cm³/mol. The molecule has 0 fully saturated rings. The summed E-state index contributed by atoms with van der Waals surface area (Å²) in [6, 6.07) is 0. The number of rotatable bonds is 15. The summed E-state index contributed by atoms with van der Waals surface area (Å²) >= 11 is 0. The summed E-state index contributed by atoms with van der Waals surface area (Å²) < 4.78 is 16.7. The van der Waals surface area contributed by atoms with Gasteiger partial charge < -0.3 is 19.3 Å². The number of aliphatic carboxylic acids is 1. The van der Waals surface area contributed by atoms with Gasteiger partial charge in [0.25, 0.3) is 0 Å². The van der Waals surface area contributed by atoms with Crippen molar-refractivity contribution in [1.82, 2.24) is 0 Å². The van der Waals surface area contributed by atoms with E-state index in [1.807, 2.05) is 0 Å². The minimum atomic E-state index is -1.06. The summed E-state index contributed by atoms with van der Waals surface area (Å²) in [4.78, 5) is 19.5. The van der Waals surface area contributed by atoms with Gasteiger partial charge in [-0.25, -0.2) is 0 Å². The molecule has 0 atom stereocenters. The Morgan fingerprint density at radius 3 is 1.64 bits per heavy atom. The van der Waals surface area contributed by atoms with Crippen LogP contribution in [0.15, 0.2) is 0 Å².